The van der Waals surface area contributed by atoms with Crippen LogP contribution in [0.4, 0.5) is 13.2 Å². The van der Waals surface area contributed by atoms with E-state index < -0.39 is 30.5 Å². The predicted octanol–water partition coefficient (Wildman–Crippen LogP) is 3.49. The molecule has 1 unspecified atom stereocenters. The summed E-state index contributed by atoms with van der Waals surface area (Å²) in [6, 6.07) is 5.27. The van der Waals surface area contributed by atoms with Gasteiger partial charge in [-0.25, -0.2) is 0 Å². The van der Waals surface area contributed by atoms with Crippen LogP contribution in [0.25, 0.3) is 0 Å². The van der Waals surface area contributed by atoms with Gasteiger partial charge in [0.15, 0.2) is 5.41 Å². The molecule has 116 valence electrons. The van der Waals surface area contributed by atoms with Crippen molar-refractivity contribution >= 4 is 17.6 Å². The zero-order valence-electron chi connectivity index (χ0n) is 11.4. The van der Waals surface area contributed by atoms with Crippen molar-refractivity contribution < 1.29 is 23.1 Å². The molecule has 21 heavy (non-hydrogen) atoms. The Morgan fingerprint density at radius 1 is 1.48 bits per heavy atom. The van der Waals surface area contributed by atoms with Gasteiger partial charge in [0.2, 0.25) is 0 Å². The molecule has 3 nitrogen and oxygen atoms in total. The number of aryl methyl sites for hydroxylation is 1. The quantitative estimate of drug-likeness (QED) is 0.926. The molecule has 0 amide bonds. The van der Waals surface area contributed by atoms with Crippen molar-refractivity contribution in [3.05, 3.63) is 34.3 Å². The molecule has 1 aliphatic heterocycles. The molecule has 2 rings (SSSR count). The number of carboxylic acids is 1. The lowest BCUT2D eigenvalue weighted by molar-refractivity contribution is -0.227. The van der Waals surface area contributed by atoms with Crippen LogP contribution in [0.15, 0.2) is 18.2 Å². The lowest BCUT2D eigenvalue weighted by Gasteiger charge is -2.27. The molecule has 1 aliphatic rings. The summed E-state index contributed by atoms with van der Waals surface area (Å²) in [5, 5.41) is 9.50. The SMILES string of the molecule is Cc1cccc(Cl)c1CN1CCC(C(=O)O)(C(F)(F)F)C1. The monoisotopic (exact) mass is 321 g/mol. The van der Waals surface area contributed by atoms with Gasteiger partial charge in [0.25, 0.3) is 0 Å². The molecule has 1 aromatic rings. The maximum Gasteiger partial charge on any atom is 0.406 e. The second kappa shape index (κ2) is 5.50. The van der Waals surface area contributed by atoms with E-state index in [1.54, 1.807) is 12.1 Å². The lowest BCUT2D eigenvalue weighted by Crippen LogP contribution is -2.47. The number of nitrogens with zero attached hydrogens (tertiary/aromatic N) is 1. The molecule has 0 bridgehead atoms. The van der Waals surface area contributed by atoms with Crippen LogP contribution in [0.2, 0.25) is 5.02 Å². The summed E-state index contributed by atoms with van der Waals surface area (Å²) in [7, 11) is 0. The van der Waals surface area contributed by atoms with Gasteiger partial charge >= 0.3 is 12.1 Å². The third-order valence-electron chi connectivity index (χ3n) is 4.04. The Bertz CT molecular complexity index is 541. The molecule has 0 spiro atoms. The van der Waals surface area contributed by atoms with Crippen molar-refractivity contribution in [2.24, 2.45) is 5.41 Å². The topological polar surface area (TPSA) is 40.5 Å². The molecule has 0 saturated carbocycles. The fourth-order valence-corrected chi connectivity index (χ4v) is 2.92. The van der Waals surface area contributed by atoms with Crippen molar-refractivity contribution in [3.8, 4) is 0 Å². The largest absolute Gasteiger partial charge is 0.481 e. The standard InChI is InChI=1S/C14H15ClF3NO2/c1-9-3-2-4-11(15)10(9)7-19-6-5-13(8-19,12(20)21)14(16,17)18/h2-4H,5-8H2,1H3,(H,20,21). The van der Waals surface area contributed by atoms with Crippen molar-refractivity contribution in [1.29, 1.82) is 0 Å². The van der Waals surface area contributed by atoms with Gasteiger partial charge in [0.05, 0.1) is 0 Å². The average Bonchev–Trinajstić information content (AvgIpc) is 2.79. The summed E-state index contributed by atoms with van der Waals surface area (Å²) in [5.41, 5.74) is -1.06. The number of halogens is 4. The summed E-state index contributed by atoms with van der Waals surface area (Å²) in [6.07, 6.45) is -5.20. The maximum atomic E-state index is 13.1. The Hall–Kier alpha value is -1.27. The molecule has 1 N–H and O–H groups in total. The minimum Gasteiger partial charge on any atom is -0.481 e. The minimum absolute atomic E-state index is 0.0798. The van der Waals surface area contributed by atoms with Crippen LogP contribution < -0.4 is 0 Å². The summed E-state index contributed by atoms with van der Waals surface area (Å²) in [4.78, 5) is 12.6. The second-order valence-corrected chi connectivity index (χ2v) is 5.79. The van der Waals surface area contributed by atoms with Crippen LogP contribution in [-0.2, 0) is 11.3 Å². The van der Waals surface area contributed by atoms with Crippen molar-refractivity contribution in [2.75, 3.05) is 13.1 Å². The Labute approximate surface area is 125 Å². The summed E-state index contributed by atoms with van der Waals surface area (Å²) < 4.78 is 39.3. The minimum atomic E-state index is -4.76. The third-order valence-corrected chi connectivity index (χ3v) is 4.39. The van der Waals surface area contributed by atoms with Gasteiger partial charge in [0, 0.05) is 24.7 Å². The molecule has 0 aliphatic carbocycles. The van der Waals surface area contributed by atoms with E-state index in [2.05, 4.69) is 0 Å². The van der Waals surface area contributed by atoms with Crippen LogP contribution >= 0.6 is 11.6 Å². The fourth-order valence-electron chi connectivity index (χ4n) is 2.64. The van der Waals surface area contributed by atoms with Gasteiger partial charge in [-0.3, -0.25) is 9.69 Å². The first kappa shape index (κ1) is 16.1. The zero-order chi connectivity index (χ0) is 15.8. The van der Waals surface area contributed by atoms with Gasteiger partial charge in [-0.2, -0.15) is 13.2 Å². The van der Waals surface area contributed by atoms with Crippen LogP contribution in [-0.4, -0.2) is 35.2 Å². The van der Waals surface area contributed by atoms with Gasteiger partial charge in [0.1, 0.15) is 0 Å². The van der Waals surface area contributed by atoms with Gasteiger partial charge in [-0.1, -0.05) is 23.7 Å². The van der Waals surface area contributed by atoms with Crippen LogP contribution in [0, 0.1) is 12.3 Å². The normalized spacial score (nSPS) is 23.5. The van der Waals surface area contributed by atoms with E-state index in [4.69, 9.17) is 16.7 Å². The number of carbonyl (C=O) groups is 1. The average molecular weight is 322 g/mol. The number of benzene rings is 1. The van der Waals surface area contributed by atoms with Gasteiger partial charge in [-0.15, -0.1) is 0 Å². The molecule has 1 fully saturated rings. The van der Waals surface area contributed by atoms with Gasteiger partial charge in [-0.05, 0) is 30.5 Å². The highest BCUT2D eigenvalue weighted by Crippen LogP contribution is 2.46. The second-order valence-electron chi connectivity index (χ2n) is 5.38. The number of alkyl halides is 3. The number of aliphatic carboxylic acids is 1. The van der Waals surface area contributed by atoms with Crippen LogP contribution in [0.3, 0.4) is 0 Å². The fraction of sp³-hybridized carbons (Fsp3) is 0.500. The van der Waals surface area contributed by atoms with E-state index in [9.17, 15) is 18.0 Å². The van der Waals surface area contributed by atoms with Crippen LogP contribution in [0.5, 0.6) is 0 Å². The first-order chi connectivity index (χ1) is 9.67. The Morgan fingerprint density at radius 2 is 2.14 bits per heavy atom. The first-order valence-corrected chi connectivity index (χ1v) is 6.81. The Morgan fingerprint density at radius 3 is 2.62 bits per heavy atom. The molecule has 1 heterocycles. The van der Waals surface area contributed by atoms with Crippen LogP contribution in [0.1, 0.15) is 17.5 Å². The summed E-state index contributed by atoms with van der Waals surface area (Å²) in [5.74, 6) is -1.81. The van der Waals surface area contributed by atoms with E-state index in [1.165, 1.54) is 4.90 Å². The van der Waals surface area contributed by atoms with Crippen molar-refractivity contribution in [1.82, 2.24) is 4.90 Å². The van der Waals surface area contributed by atoms with E-state index in [1.807, 2.05) is 13.0 Å². The highest BCUT2D eigenvalue weighted by atomic mass is 35.5. The summed E-state index contributed by atoms with van der Waals surface area (Å²) in [6.45, 7) is 1.58. The first-order valence-electron chi connectivity index (χ1n) is 6.44. The Kier molecular flexibility index (Phi) is 4.22. The van der Waals surface area contributed by atoms with E-state index in [0.717, 1.165) is 11.1 Å². The van der Waals surface area contributed by atoms with Crippen molar-refractivity contribution in [3.63, 3.8) is 0 Å². The highest BCUT2D eigenvalue weighted by Gasteiger charge is 2.63. The van der Waals surface area contributed by atoms with E-state index in [0.29, 0.717) is 5.02 Å². The van der Waals surface area contributed by atoms with Crippen molar-refractivity contribution in [2.45, 2.75) is 26.1 Å². The molecule has 0 aromatic heterocycles. The number of rotatable bonds is 3. The molecular formula is C14H15ClF3NO2. The Balaban J connectivity index is 2.21. The molecule has 1 aromatic carbocycles. The number of hydrogen-bond acceptors (Lipinski definition) is 2. The summed E-state index contributed by atoms with van der Waals surface area (Å²) >= 11 is 6.07. The van der Waals surface area contributed by atoms with Gasteiger partial charge < -0.3 is 5.11 Å². The maximum absolute atomic E-state index is 13.1. The predicted molar refractivity (Wildman–Crippen MR) is 72.2 cm³/mol. The van der Waals surface area contributed by atoms with E-state index in [-0.39, 0.29) is 13.1 Å². The zero-order valence-corrected chi connectivity index (χ0v) is 12.1. The molecule has 1 atom stereocenters. The number of carboxylic acid groups (broad SMARTS) is 1. The molecule has 7 heteroatoms. The third kappa shape index (κ3) is 2.87. The molecule has 0 radical (unpaired) electrons. The smallest absolute Gasteiger partial charge is 0.406 e. The highest BCUT2D eigenvalue weighted by molar-refractivity contribution is 6.31. The molecular weight excluding hydrogens is 307 g/mol. The lowest BCUT2D eigenvalue weighted by atomic mass is 9.86. The van der Waals surface area contributed by atoms with E-state index >= 15 is 0 Å². The number of likely N-dealkylation sites (tertiary alicyclic amines) is 1. The number of hydrogen-bond donors (Lipinski definition) is 1. The molecule has 1 saturated heterocycles.